The number of carboxylic acid groups (broad SMARTS) is 1. The lowest BCUT2D eigenvalue weighted by Gasteiger charge is -2.28. The second kappa shape index (κ2) is 13.8. The van der Waals surface area contributed by atoms with Crippen molar-refractivity contribution >= 4 is 23.9 Å². The third-order valence-electron chi connectivity index (χ3n) is 5.64. The summed E-state index contributed by atoms with van der Waals surface area (Å²) in [7, 11) is 0. The van der Waals surface area contributed by atoms with Crippen LogP contribution in [-0.4, -0.2) is 40.6 Å². The standard InChI is InChI=1S/C26H39NO8/c1-7-9-16(3)23(29)34-21-12-11-20(13-22(21)35-24(30)17(4)10-8-2)15-26(27,25(31)32)14-18(5)33-19(6)28/h11-13,16-18H,7-10,14-15,27H2,1-6H3,(H,31,32)/t16?,17?,18-,26?/m0/s1. The van der Waals surface area contributed by atoms with Gasteiger partial charge in [0.2, 0.25) is 0 Å². The van der Waals surface area contributed by atoms with Crippen LogP contribution in [0.4, 0.5) is 0 Å². The van der Waals surface area contributed by atoms with Crippen molar-refractivity contribution in [3.05, 3.63) is 23.8 Å². The van der Waals surface area contributed by atoms with Crippen molar-refractivity contribution in [1.29, 1.82) is 0 Å². The molecule has 3 N–H and O–H groups in total. The predicted molar refractivity (Wildman–Crippen MR) is 130 cm³/mol. The highest BCUT2D eigenvalue weighted by molar-refractivity contribution is 5.80. The van der Waals surface area contributed by atoms with Crippen molar-refractivity contribution in [3.63, 3.8) is 0 Å². The fraction of sp³-hybridized carbons (Fsp3) is 0.615. The Morgan fingerprint density at radius 1 is 0.943 bits per heavy atom. The molecule has 35 heavy (non-hydrogen) atoms. The first kappa shape index (κ1) is 30.1. The van der Waals surface area contributed by atoms with Gasteiger partial charge in [-0.2, -0.15) is 0 Å². The summed E-state index contributed by atoms with van der Waals surface area (Å²) in [5.74, 6) is -3.36. The smallest absolute Gasteiger partial charge is 0.324 e. The number of carboxylic acids is 1. The van der Waals surface area contributed by atoms with Crippen LogP contribution < -0.4 is 15.2 Å². The number of aliphatic carboxylic acids is 1. The van der Waals surface area contributed by atoms with E-state index in [1.54, 1.807) is 26.8 Å². The molecule has 3 unspecified atom stereocenters. The Morgan fingerprint density at radius 2 is 1.46 bits per heavy atom. The molecule has 0 bridgehead atoms. The zero-order chi connectivity index (χ0) is 26.8. The van der Waals surface area contributed by atoms with Crippen molar-refractivity contribution in [2.24, 2.45) is 17.6 Å². The lowest BCUT2D eigenvalue weighted by atomic mass is 9.86. The van der Waals surface area contributed by atoms with Crippen LogP contribution in [0, 0.1) is 11.8 Å². The first-order valence-electron chi connectivity index (χ1n) is 12.1. The van der Waals surface area contributed by atoms with E-state index in [2.05, 4.69) is 0 Å². The molecule has 196 valence electrons. The Labute approximate surface area is 207 Å². The van der Waals surface area contributed by atoms with Crippen LogP contribution in [0.2, 0.25) is 0 Å². The van der Waals surface area contributed by atoms with Crippen LogP contribution in [0.3, 0.4) is 0 Å². The first-order valence-corrected chi connectivity index (χ1v) is 12.1. The number of hydrogen-bond donors (Lipinski definition) is 2. The predicted octanol–water partition coefficient (Wildman–Crippen LogP) is 4.04. The summed E-state index contributed by atoms with van der Waals surface area (Å²) in [6.07, 6.45) is 1.89. The third kappa shape index (κ3) is 9.68. The van der Waals surface area contributed by atoms with Crippen molar-refractivity contribution in [3.8, 4) is 11.5 Å². The average molecular weight is 494 g/mol. The largest absolute Gasteiger partial charge is 0.480 e. The van der Waals surface area contributed by atoms with Gasteiger partial charge in [0.15, 0.2) is 11.5 Å². The number of hydrogen-bond acceptors (Lipinski definition) is 8. The summed E-state index contributed by atoms with van der Waals surface area (Å²) < 4.78 is 16.2. The highest BCUT2D eigenvalue weighted by Gasteiger charge is 2.37. The molecule has 9 nitrogen and oxygen atoms in total. The van der Waals surface area contributed by atoms with E-state index in [1.807, 2.05) is 13.8 Å². The van der Waals surface area contributed by atoms with Gasteiger partial charge >= 0.3 is 23.9 Å². The van der Waals surface area contributed by atoms with E-state index < -0.39 is 35.5 Å². The zero-order valence-corrected chi connectivity index (χ0v) is 21.6. The van der Waals surface area contributed by atoms with Gasteiger partial charge in [0.05, 0.1) is 11.8 Å². The lowest BCUT2D eigenvalue weighted by molar-refractivity contribution is -0.151. The first-order chi connectivity index (χ1) is 16.3. The normalized spacial score (nSPS) is 15.3. The van der Waals surface area contributed by atoms with Crippen molar-refractivity contribution in [1.82, 2.24) is 0 Å². The van der Waals surface area contributed by atoms with Gasteiger partial charge in [0.1, 0.15) is 11.6 Å². The molecular formula is C26H39NO8. The molecule has 0 spiro atoms. The molecular weight excluding hydrogens is 454 g/mol. The molecule has 0 radical (unpaired) electrons. The molecule has 0 aliphatic rings. The van der Waals surface area contributed by atoms with E-state index in [0.29, 0.717) is 18.4 Å². The minimum atomic E-state index is -1.75. The summed E-state index contributed by atoms with van der Waals surface area (Å²) in [6, 6.07) is 4.50. The van der Waals surface area contributed by atoms with Gasteiger partial charge in [-0.15, -0.1) is 0 Å². The van der Waals surface area contributed by atoms with Crippen molar-refractivity contribution < 1.29 is 38.5 Å². The maximum absolute atomic E-state index is 12.6. The summed E-state index contributed by atoms with van der Waals surface area (Å²) in [6.45, 7) is 10.2. The van der Waals surface area contributed by atoms with E-state index in [0.717, 1.165) is 12.8 Å². The number of carbonyl (C=O) groups excluding carboxylic acids is 3. The fourth-order valence-corrected chi connectivity index (χ4v) is 3.78. The van der Waals surface area contributed by atoms with Crippen molar-refractivity contribution in [2.45, 2.75) is 91.7 Å². The number of benzene rings is 1. The fourth-order valence-electron chi connectivity index (χ4n) is 3.78. The number of nitrogens with two attached hydrogens (primary N) is 1. The monoisotopic (exact) mass is 493 g/mol. The summed E-state index contributed by atoms with van der Waals surface area (Å²) >= 11 is 0. The number of esters is 3. The quantitative estimate of drug-likeness (QED) is 0.290. The number of rotatable bonds is 14. The minimum absolute atomic E-state index is 0.0216. The summed E-state index contributed by atoms with van der Waals surface area (Å²) in [5, 5.41) is 9.79. The highest BCUT2D eigenvalue weighted by Crippen LogP contribution is 2.32. The van der Waals surface area contributed by atoms with E-state index in [9.17, 15) is 24.3 Å². The molecule has 0 amide bonds. The minimum Gasteiger partial charge on any atom is -0.480 e. The molecule has 0 aliphatic heterocycles. The summed E-state index contributed by atoms with van der Waals surface area (Å²) in [4.78, 5) is 48.3. The van der Waals surface area contributed by atoms with Gasteiger partial charge in [-0.05, 0) is 37.5 Å². The SMILES string of the molecule is CCCC(C)C(=O)Oc1ccc(CC(N)(C[C@H](C)OC(C)=O)C(=O)O)cc1OC(=O)C(C)CCC. The van der Waals surface area contributed by atoms with Gasteiger partial charge in [-0.1, -0.05) is 46.6 Å². The van der Waals surface area contributed by atoms with Gasteiger partial charge < -0.3 is 25.1 Å². The Kier molecular flexibility index (Phi) is 11.9. The van der Waals surface area contributed by atoms with E-state index in [4.69, 9.17) is 19.9 Å². The average Bonchev–Trinajstić information content (AvgIpc) is 2.74. The Morgan fingerprint density at radius 3 is 1.91 bits per heavy atom. The highest BCUT2D eigenvalue weighted by atomic mass is 16.6. The van der Waals surface area contributed by atoms with Crippen LogP contribution in [0.15, 0.2) is 18.2 Å². The van der Waals surface area contributed by atoms with Gasteiger partial charge in [-0.25, -0.2) is 0 Å². The maximum atomic E-state index is 12.6. The topological polar surface area (TPSA) is 142 Å². The van der Waals surface area contributed by atoms with Gasteiger partial charge in [0, 0.05) is 19.8 Å². The second-order valence-electron chi connectivity index (χ2n) is 9.26. The summed E-state index contributed by atoms with van der Waals surface area (Å²) in [5.41, 5.74) is 4.90. The number of ether oxygens (including phenoxy) is 3. The Bertz CT molecular complexity index is 899. The number of carbonyl (C=O) groups is 4. The van der Waals surface area contributed by atoms with E-state index >= 15 is 0 Å². The van der Waals surface area contributed by atoms with Crippen LogP contribution in [0.1, 0.15) is 79.2 Å². The van der Waals surface area contributed by atoms with Crippen LogP contribution in [0.5, 0.6) is 11.5 Å². The van der Waals surface area contributed by atoms with E-state index in [-0.39, 0.29) is 36.2 Å². The Hall–Kier alpha value is -2.94. The van der Waals surface area contributed by atoms with Crippen LogP contribution in [0.25, 0.3) is 0 Å². The molecule has 0 fully saturated rings. The van der Waals surface area contributed by atoms with Gasteiger partial charge in [-0.3, -0.25) is 19.2 Å². The third-order valence-corrected chi connectivity index (χ3v) is 5.64. The molecule has 0 saturated carbocycles. The van der Waals surface area contributed by atoms with Crippen molar-refractivity contribution in [2.75, 3.05) is 0 Å². The Balaban J connectivity index is 3.28. The molecule has 0 aromatic heterocycles. The van der Waals surface area contributed by atoms with Gasteiger partial charge in [0.25, 0.3) is 0 Å². The van der Waals surface area contributed by atoms with Crippen LogP contribution in [-0.2, 0) is 30.3 Å². The molecule has 0 aliphatic carbocycles. The maximum Gasteiger partial charge on any atom is 0.324 e. The van der Waals surface area contributed by atoms with E-state index in [1.165, 1.54) is 19.1 Å². The van der Waals surface area contributed by atoms with Crippen LogP contribution >= 0.6 is 0 Å². The zero-order valence-electron chi connectivity index (χ0n) is 21.6. The lowest BCUT2D eigenvalue weighted by Crippen LogP contribution is -2.52. The molecule has 1 aromatic rings. The molecule has 0 heterocycles. The molecule has 1 rings (SSSR count). The molecule has 0 saturated heterocycles. The second-order valence-corrected chi connectivity index (χ2v) is 9.26. The molecule has 4 atom stereocenters. The molecule has 1 aromatic carbocycles. The molecule has 9 heteroatoms.